The van der Waals surface area contributed by atoms with Crippen molar-refractivity contribution in [3.8, 4) is 11.5 Å². The van der Waals surface area contributed by atoms with Gasteiger partial charge in [-0.1, -0.05) is 29.3 Å². The summed E-state index contributed by atoms with van der Waals surface area (Å²) in [6.07, 6.45) is 1.51. The molecule has 0 aliphatic carbocycles. The van der Waals surface area contributed by atoms with E-state index in [1.165, 1.54) is 20.1 Å². The van der Waals surface area contributed by atoms with Gasteiger partial charge in [0.25, 0.3) is 0 Å². The van der Waals surface area contributed by atoms with Gasteiger partial charge in [-0.2, -0.15) is 0 Å². The molecule has 0 fully saturated rings. The van der Waals surface area contributed by atoms with Crippen molar-refractivity contribution in [1.82, 2.24) is 0 Å². The Morgan fingerprint density at radius 3 is 2.56 bits per heavy atom. The first-order chi connectivity index (χ1) is 12.9. The molecule has 0 aromatic heterocycles. The normalized spacial score (nSPS) is 14.7. The molecule has 0 saturated heterocycles. The van der Waals surface area contributed by atoms with E-state index in [2.05, 4.69) is 4.99 Å². The molecule has 0 N–H and O–H groups in total. The first kappa shape index (κ1) is 18.9. The average Bonchev–Trinajstić information content (AvgIpc) is 2.98. The second-order valence-electron chi connectivity index (χ2n) is 5.47. The fourth-order valence-corrected chi connectivity index (χ4v) is 2.64. The maximum atomic E-state index is 12.1. The van der Waals surface area contributed by atoms with Crippen LogP contribution in [-0.4, -0.2) is 24.9 Å². The quantitative estimate of drug-likeness (QED) is 0.431. The molecule has 1 aliphatic rings. The van der Waals surface area contributed by atoms with Crippen molar-refractivity contribution in [3.05, 3.63) is 63.3 Å². The summed E-state index contributed by atoms with van der Waals surface area (Å²) in [5.41, 5.74) is 1.20. The molecule has 1 heterocycles. The third-order valence-corrected chi connectivity index (χ3v) is 4.27. The number of benzene rings is 2. The van der Waals surface area contributed by atoms with Crippen molar-refractivity contribution < 1.29 is 23.8 Å². The van der Waals surface area contributed by atoms with Crippen LogP contribution in [-0.2, 0) is 14.3 Å². The molecule has 2 aromatic carbocycles. The standard InChI is InChI=1S/C19H13Cl2NO5/c1-10(23)26-17-8-11(3-6-16(17)25-2)7-15-19(24)27-18(22-15)12-4-5-13(20)14(21)9-12/h3-9H,1-2H3/b15-7-. The van der Waals surface area contributed by atoms with E-state index in [1.807, 2.05) is 0 Å². The van der Waals surface area contributed by atoms with Crippen LogP contribution < -0.4 is 9.47 Å². The molecule has 8 heteroatoms. The molecule has 0 atom stereocenters. The maximum absolute atomic E-state index is 12.1. The van der Waals surface area contributed by atoms with Crippen molar-refractivity contribution >= 4 is 47.1 Å². The van der Waals surface area contributed by atoms with Crippen LogP contribution in [0.4, 0.5) is 0 Å². The van der Waals surface area contributed by atoms with Gasteiger partial charge in [0.15, 0.2) is 17.2 Å². The van der Waals surface area contributed by atoms with Gasteiger partial charge in [-0.05, 0) is 42.0 Å². The third-order valence-electron chi connectivity index (χ3n) is 3.53. The highest BCUT2D eigenvalue weighted by molar-refractivity contribution is 6.42. The number of nitrogens with zero attached hydrogens (tertiary/aromatic N) is 1. The van der Waals surface area contributed by atoms with E-state index in [-0.39, 0.29) is 17.3 Å². The molecule has 0 amide bonds. The Morgan fingerprint density at radius 2 is 1.89 bits per heavy atom. The zero-order valence-electron chi connectivity index (χ0n) is 14.3. The van der Waals surface area contributed by atoms with E-state index in [9.17, 15) is 9.59 Å². The van der Waals surface area contributed by atoms with E-state index in [1.54, 1.807) is 36.4 Å². The second-order valence-corrected chi connectivity index (χ2v) is 6.28. The van der Waals surface area contributed by atoms with Crippen LogP contribution in [0.15, 0.2) is 47.1 Å². The Labute approximate surface area is 165 Å². The summed E-state index contributed by atoms with van der Waals surface area (Å²) in [6.45, 7) is 1.28. The van der Waals surface area contributed by atoms with E-state index in [4.69, 9.17) is 37.4 Å². The Bertz CT molecular complexity index is 998. The number of ether oxygens (including phenoxy) is 3. The van der Waals surface area contributed by atoms with Crippen LogP contribution in [0.3, 0.4) is 0 Å². The summed E-state index contributed by atoms with van der Waals surface area (Å²) in [5.74, 6) is -0.349. The van der Waals surface area contributed by atoms with E-state index < -0.39 is 11.9 Å². The van der Waals surface area contributed by atoms with E-state index >= 15 is 0 Å². The van der Waals surface area contributed by atoms with Crippen LogP contribution in [0, 0.1) is 0 Å². The van der Waals surface area contributed by atoms with Gasteiger partial charge >= 0.3 is 11.9 Å². The molecule has 3 rings (SSSR count). The minimum absolute atomic E-state index is 0.0926. The molecule has 0 bridgehead atoms. The number of methoxy groups -OCH3 is 1. The number of halogens is 2. The number of carbonyl (C=O) groups excluding carboxylic acids is 2. The van der Waals surface area contributed by atoms with Gasteiger partial charge < -0.3 is 14.2 Å². The fraction of sp³-hybridized carbons (Fsp3) is 0.105. The summed E-state index contributed by atoms with van der Waals surface area (Å²) in [5, 5.41) is 0.712. The fourth-order valence-electron chi connectivity index (χ4n) is 2.34. The van der Waals surface area contributed by atoms with Crippen molar-refractivity contribution in [2.75, 3.05) is 7.11 Å². The molecular formula is C19H13Cl2NO5. The molecule has 2 aromatic rings. The van der Waals surface area contributed by atoms with Crippen LogP contribution >= 0.6 is 23.2 Å². The average molecular weight is 406 g/mol. The molecule has 0 radical (unpaired) electrons. The van der Waals surface area contributed by atoms with Crippen LogP contribution in [0.1, 0.15) is 18.1 Å². The predicted molar refractivity (Wildman–Crippen MR) is 101 cm³/mol. The molecule has 6 nitrogen and oxygen atoms in total. The highest BCUT2D eigenvalue weighted by atomic mass is 35.5. The highest BCUT2D eigenvalue weighted by Crippen LogP contribution is 2.30. The lowest BCUT2D eigenvalue weighted by atomic mass is 10.1. The first-order valence-electron chi connectivity index (χ1n) is 7.72. The van der Waals surface area contributed by atoms with Gasteiger partial charge in [0, 0.05) is 12.5 Å². The van der Waals surface area contributed by atoms with Crippen LogP contribution in [0.2, 0.25) is 10.0 Å². The Hall–Kier alpha value is -2.83. The Morgan fingerprint density at radius 1 is 1.11 bits per heavy atom. The van der Waals surface area contributed by atoms with Gasteiger partial charge in [0.2, 0.25) is 5.90 Å². The van der Waals surface area contributed by atoms with Crippen molar-refractivity contribution in [2.24, 2.45) is 4.99 Å². The minimum atomic E-state index is -0.610. The Kier molecular flexibility index (Phi) is 5.48. The van der Waals surface area contributed by atoms with Crippen LogP contribution in [0.25, 0.3) is 6.08 Å². The summed E-state index contributed by atoms with van der Waals surface area (Å²) >= 11 is 11.9. The number of hydrogen-bond donors (Lipinski definition) is 0. The van der Waals surface area contributed by atoms with E-state index in [0.29, 0.717) is 26.9 Å². The SMILES string of the molecule is COc1ccc(/C=C2\N=C(c3ccc(Cl)c(Cl)c3)OC2=O)cc1OC(C)=O. The van der Waals surface area contributed by atoms with Gasteiger partial charge in [0.1, 0.15) is 0 Å². The Balaban J connectivity index is 1.94. The number of carbonyl (C=O) groups is 2. The van der Waals surface area contributed by atoms with E-state index in [0.717, 1.165) is 0 Å². The first-order valence-corrected chi connectivity index (χ1v) is 8.47. The lowest BCUT2D eigenvalue weighted by molar-refractivity contribution is -0.132. The number of aliphatic imine (C=N–C) groups is 1. The molecule has 138 valence electrons. The van der Waals surface area contributed by atoms with Gasteiger partial charge in [-0.25, -0.2) is 9.79 Å². The van der Waals surface area contributed by atoms with Crippen molar-refractivity contribution in [1.29, 1.82) is 0 Å². The van der Waals surface area contributed by atoms with Crippen LogP contribution in [0.5, 0.6) is 11.5 Å². The molecule has 0 saturated carbocycles. The third kappa shape index (κ3) is 4.30. The lowest BCUT2D eigenvalue weighted by Crippen LogP contribution is -2.05. The summed E-state index contributed by atoms with van der Waals surface area (Å²) in [4.78, 5) is 27.6. The molecular weight excluding hydrogens is 393 g/mol. The zero-order chi connectivity index (χ0) is 19.6. The van der Waals surface area contributed by atoms with Crippen molar-refractivity contribution in [3.63, 3.8) is 0 Å². The zero-order valence-corrected chi connectivity index (χ0v) is 15.8. The maximum Gasteiger partial charge on any atom is 0.363 e. The number of hydrogen-bond acceptors (Lipinski definition) is 6. The smallest absolute Gasteiger partial charge is 0.363 e. The van der Waals surface area contributed by atoms with Crippen molar-refractivity contribution in [2.45, 2.75) is 6.92 Å². The summed E-state index contributed by atoms with van der Waals surface area (Å²) in [6, 6.07) is 9.67. The number of esters is 2. The predicted octanol–water partition coefficient (Wildman–Crippen LogP) is 4.27. The number of cyclic esters (lactones) is 1. The second kappa shape index (κ2) is 7.82. The van der Waals surface area contributed by atoms with Gasteiger partial charge in [0.05, 0.1) is 17.2 Å². The lowest BCUT2D eigenvalue weighted by Gasteiger charge is -2.08. The highest BCUT2D eigenvalue weighted by Gasteiger charge is 2.24. The molecule has 27 heavy (non-hydrogen) atoms. The van der Waals surface area contributed by atoms with Gasteiger partial charge in [-0.3, -0.25) is 4.79 Å². The summed E-state index contributed by atoms with van der Waals surface area (Å²) in [7, 11) is 1.46. The topological polar surface area (TPSA) is 74.2 Å². The monoisotopic (exact) mass is 405 g/mol. The largest absolute Gasteiger partial charge is 0.493 e. The number of rotatable bonds is 4. The molecule has 1 aliphatic heterocycles. The molecule has 0 spiro atoms. The summed E-state index contributed by atoms with van der Waals surface area (Å²) < 4.78 is 15.5. The molecule has 0 unspecified atom stereocenters. The minimum Gasteiger partial charge on any atom is -0.493 e. The van der Waals surface area contributed by atoms with Gasteiger partial charge in [-0.15, -0.1) is 0 Å².